The summed E-state index contributed by atoms with van der Waals surface area (Å²) < 4.78 is 0. The third-order valence-corrected chi connectivity index (χ3v) is 6.50. The van der Waals surface area contributed by atoms with E-state index in [1.54, 1.807) is 0 Å². The number of ketones is 1. The second-order valence-corrected chi connectivity index (χ2v) is 9.00. The molecule has 1 heteroatoms. The van der Waals surface area contributed by atoms with Gasteiger partial charge in [-0.3, -0.25) is 4.79 Å². The third-order valence-electron chi connectivity index (χ3n) is 6.50. The summed E-state index contributed by atoms with van der Waals surface area (Å²) in [5.41, 5.74) is 3.50. The Balaban J connectivity index is 1.84. The zero-order chi connectivity index (χ0) is 20.7. The molecule has 1 aromatic carbocycles. The highest BCUT2D eigenvalue weighted by Crippen LogP contribution is 2.35. The van der Waals surface area contributed by atoms with Crippen molar-refractivity contribution in [3.05, 3.63) is 41.0 Å². The van der Waals surface area contributed by atoms with Gasteiger partial charge in [0.2, 0.25) is 0 Å². The maximum atomic E-state index is 13.2. The van der Waals surface area contributed by atoms with E-state index in [0.29, 0.717) is 5.78 Å². The van der Waals surface area contributed by atoms with Crippen LogP contribution in [0.3, 0.4) is 0 Å². The normalized spacial score (nSPS) is 16.0. The van der Waals surface area contributed by atoms with Crippen LogP contribution in [0, 0.1) is 5.92 Å². The SMILES string of the molecule is CCCCCCCCCC1=Cc2ccccc2C(=O)C1CCCCCCCCC. The van der Waals surface area contributed by atoms with Crippen molar-refractivity contribution in [3.8, 4) is 0 Å². The molecular formula is C28H44O. The molecule has 1 atom stereocenters. The first-order valence-corrected chi connectivity index (χ1v) is 12.6. The van der Waals surface area contributed by atoms with E-state index in [9.17, 15) is 4.79 Å². The number of fused-ring (bicyclic) bond motifs is 1. The van der Waals surface area contributed by atoms with Crippen LogP contribution in [0.2, 0.25) is 0 Å². The topological polar surface area (TPSA) is 17.1 Å². The van der Waals surface area contributed by atoms with Crippen LogP contribution < -0.4 is 0 Å². The molecule has 162 valence electrons. The lowest BCUT2D eigenvalue weighted by molar-refractivity contribution is 0.0928. The summed E-state index contributed by atoms with van der Waals surface area (Å²) in [5.74, 6) is 0.521. The standard InChI is InChI=1S/C28H44O/c1-3-5-7-9-11-13-15-19-24-23-25-20-17-18-22-27(25)28(29)26(24)21-16-14-12-10-8-6-4-2/h17-18,20,22-23,26H,3-16,19,21H2,1-2H3. The number of carbonyl (C=O) groups is 1. The maximum Gasteiger partial charge on any atom is 0.170 e. The fourth-order valence-corrected chi connectivity index (χ4v) is 4.66. The molecule has 0 aromatic heterocycles. The van der Waals surface area contributed by atoms with Crippen LogP contribution in [-0.4, -0.2) is 5.78 Å². The summed E-state index contributed by atoms with van der Waals surface area (Å²) in [6.45, 7) is 4.54. The first-order chi connectivity index (χ1) is 14.3. The molecule has 2 rings (SSSR count). The molecule has 0 bridgehead atoms. The van der Waals surface area contributed by atoms with Crippen LogP contribution in [-0.2, 0) is 0 Å². The summed E-state index contributed by atoms with van der Waals surface area (Å²) in [4.78, 5) is 13.2. The van der Waals surface area contributed by atoms with Gasteiger partial charge in [-0.25, -0.2) is 0 Å². The first kappa shape index (κ1) is 23.9. The highest BCUT2D eigenvalue weighted by molar-refractivity contribution is 6.05. The predicted octanol–water partition coefficient (Wildman–Crippen LogP) is 9.16. The lowest BCUT2D eigenvalue weighted by atomic mass is 9.78. The van der Waals surface area contributed by atoms with Crippen molar-refractivity contribution >= 4 is 11.9 Å². The maximum absolute atomic E-state index is 13.2. The highest BCUT2D eigenvalue weighted by atomic mass is 16.1. The van der Waals surface area contributed by atoms with Crippen molar-refractivity contribution in [1.82, 2.24) is 0 Å². The van der Waals surface area contributed by atoms with Gasteiger partial charge in [-0.2, -0.15) is 0 Å². The van der Waals surface area contributed by atoms with Gasteiger partial charge in [0.15, 0.2) is 5.78 Å². The Bertz CT molecular complexity index is 612. The van der Waals surface area contributed by atoms with Crippen molar-refractivity contribution in [2.24, 2.45) is 5.92 Å². The quantitative estimate of drug-likeness (QED) is 0.254. The average molecular weight is 397 g/mol. The van der Waals surface area contributed by atoms with Gasteiger partial charge in [-0.15, -0.1) is 0 Å². The number of carbonyl (C=O) groups excluding carboxylic acids is 1. The zero-order valence-electron chi connectivity index (χ0n) is 19.2. The molecule has 0 radical (unpaired) electrons. The van der Waals surface area contributed by atoms with Crippen molar-refractivity contribution in [1.29, 1.82) is 0 Å². The van der Waals surface area contributed by atoms with E-state index in [0.717, 1.165) is 24.0 Å². The Morgan fingerprint density at radius 1 is 0.690 bits per heavy atom. The smallest absolute Gasteiger partial charge is 0.170 e. The van der Waals surface area contributed by atoms with E-state index >= 15 is 0 Å². The lowest BCUT2D eigenvalue weighted by Gasteiger charge is -2.25. The molecule has 1 aromatic rings. The van der Waals surface area contributed by atoms with Crippen molar-refractivity contribution in [2.45, 2.75) is 117 Å². The average Bonchev–Trinajstić information content (AvgIpc) is 2.74. The third kappa shape index (κ3) is 8.49. The Morgan fingerprint density at radius 3 is 1.90 bits per heavy atom. The molecular weight excluding hydrogens is 352 g/mol. The van der Waals surface area contributed by atoms with Crippen LogP contribution in [0.4, 0.5) is 0 Å². The number of hydrogen-bond acceptors (Lipinski definition) is 1. The van der Waals surface area contributed by atoms with E-state index in [4.69, 9.17) is 0 Å². The first-order valence-electron chi connectivity index (χ1n) is 12.6. The fourth-order valence-electron chi connectivity index (χ4n) is 4.66. The summed E-state index contributed by atoms with van der Waals surface area (Å²) in [5, 5.41) is 0. The monoisotopic (exact) mass is 396 g/mol. The van der Waals surface area contributed by atoms with Gasteiger partial charge in [-0.05, 0) is 24.8 Å². The Hall–Kier alpha value is -1.37. The van der Waals surface area contributed by atoms with Gasteiger partial charge < -0.3 is 0 Å². The molecule has 1 aliphatic rings. The summed E-state index contributed by atoms with van der Waals surface area (Å²) in [6, 6.07) is 8.21. The molecule has 29 heavy (non-hydrogen) atoms. The van der Waals surface area contributed by atoms with Crippen LogP contribution >= 0.6 is 0 Å². The summed E-state index contributed by atoms with van der Waals surface area (Å²) in [6.07, 6.45) is 23.0. The highest BCUT2D eigenvalue weighted by Gasteiger charge is 2.28. The minimum atomic E-state index is 0.139. The number of rotatable bonds is 16. The molecule has 0 saturated carbocycles. The van der Waals surface area contributed by atoms with E-state index in [-0.39, 0.29) is 5.92 Å². The molecule has 0 fully saturated rings. The second kappa shape index (κ2) is 14.6. The molecule has 1 unspecified atom stereocenters. The van der Waals surface area contributed by atoms with Crippen LogP contribution in [0.1, 0.15) is 133 Å². The molecule has 0 amide bonds. The van der Waals surface area contributed by atoms with Gasteiger partial charge in [0.05, 0.1) is 0 Å². The molecule has 0 heterocycles. The van der Waals surface area contributed by atoms with Gasteiger partial charge in [0, 0.05) is 11.5 Å². The largest absolute Gasteiger partial charge is 0.293 e. The Kier molecular flexibility index (Phi) is 12.0. The zero-order valence-corrected chi connectivity index (χ0v) is 19.2. The minimum absolute atomic E-state index is 0.139. The van der Waals surface area contributed by atoms with Gasteiger partial charge in [0.1, 0.15) is 0 Å². The summed E-state index contributed by atoms with van der Waals surface area (Å²) >= 11 is 0. The van der Waals surface area contributed by atoms with Gasteiger partial charge in [0.25, 0.3) is 0 Å². The number of hydrogen-bond donors (Lipinski definition) is 0. The van der Waals surface area contributed by atoms with E-state index in [1.165, 1.54) is 95.5 Å². The predicted molar refractivity (Wildman–Crippen MR) is 127 cm³/mol. The van der Waals surface area contributed by atoms with Crippen LogP contribution in [0.15, 0.2) is 29.8 Å². The molecule has 0 saturated heterocycles. The van der Waals surface area contributed by atoms with Crippen molar-refractivity contribution < 1.29 is 4.79 Å². The summed E-state index contributed by atoms with van der Waals surface area (Å²) in [7, 11) is 0. The van der Waals surface area contributed by atoms with Gasteiger partial charge in [-0.1, -0.05) is 133 Å². The lowest BCUT2D eigenvalue weighted by Crippen LogP contribution is -2.22. The molecule has 1 nitrogen and oxygen atoms in total. The van der Waals surface area contributed by atoms with Crippen molar-refractivity contribution in [2.75, 3.05) is 0 Å². The van der Waals surface area contributed by atoms with E-state index in [2.05, 4.69) is 32.1 Å². The minimum Gasteiger partial charge on any atom is -0.293 e. The Labute approximate surface area is 180 Å². The fraction of sp³-hybridized carbons (Fsp3) is 0.679. The number of unbranched alkanes of at least 4 members (excludes halogenated alkanes) is 12. The van der Waals surface area contributed by atoms with Crippen LogP contribution in [0.5, 0.6) is 0 Å². The molecule has 1 aliphatic carbocycles. The number of allylic oxidation sites excluding steroid dienone is 1. The number of benzene rings is 1. The number of Topliss-reactive ketones (excluding diaryl/α,β-unsaturated/α-hetero) is 1. The molecule has 0 spiro atoms. The van der Waals surface area contributed by atoms with Crippen molar-refractivity contribution in [3.63, 3.8) is 0 Å². The molecule has 0 aliphatic heterocycles. The Morgan fingerprint density at radius 2 is 1.24 bits per heavy atom. The second-order valence-electron chi connectivity index (χ2n) is 9.00. The van der Waals surface area contributed by atoms with E-state index < -0.39 is 0 Å². The van der Waals surface area contributed by atoms with E-state index in [1.807, 2.05) is 12.1 Å². The van der Waals surface area contributed by atoms with Crippen LogP contribution in [0.25, 0.3) is 6.08 Å². The van der Waals surface area contributed by atoms with Gasteiger partial charge >= 0.3 is 0 Å². The molecule has 0 N–H and O–H groups in total.